The molecule has 0 aliphatic carbocycles. The fraction of sp³-hybridized carbons (Fsp3) is 0.353. The fourth-order valence-corrected chi connectivity index (χ4v) is 2.85. The number of aromatic nitrogens is 2. The molecule has 24 heavy (non-hydrogen) atoms. The van der Waals surface area contributed by atoms with Crippen LogP contribution in [0.2, 0.25) is 0 Å². The van der Waals surface area contributed by atoms with Crippen molar-refractivity contribution in [2.45, 2.75) is 25.4 Å². The van der Waals surface area contributed by atoms with Crippen LogP contribution in [0.3, 0.4) is 0 Å². The molecule has 0 spiro atoms. The van der Waals surface area contributed by atoms with Crippen LogP contribution in [-0.2, 0) is 6.54 Å². The van der Waals surface area contributed by atoms with Crippen molar-refractivity contribution in [3.63, 3.8) is 0 Å². The van der Waals surface area contributed by atoms with Crippen molar-refractivity contribution >= 4 is 5.82 Å². The first-order valence-corrected chi connectivity index (χ1v) is 7.79. The van der Waals surface area contributed by atoms with E-state index in [0.29, 0.717) is 18.1 Å². The Bertz CT molecular complexity index is 751. The second-order valence-electron chi connectivity index (χ2n) is 5.81. The molecule has 3 rings (SSSR count). The Morgan fingerprint density at radius 2 is 1.92 bits per heavy atom. The third-order valence-corrected chi connectivity index (χ3v) is 4.12. The van der Waals surface area contributed by atoms with Gasteiger partial charge in [-0.2, -0.15) is 5.26 Å². The molecule has 0 saturated carbocycles. The second kappa shape index (κ2) is 7.32. The van der Waals surface area contributed by atoms with Crippen LogP contribution in [0.1, 0.15) is 24.1 Å². The van der Waals surface area contributed by atoms with E-state index in [1.165, 1.54) is 12.3 Å². The van der Waals surface area contributed by atoms with Crippen LogP contribution in [0, 0.1) is 23.0 Å². The van der Waals surface area contributed by atoms with Gasteiger partial charge >= 0.3 is 0 Å². The lowest BCUT2D eigenvalue weighted by Gasteiger charge is -2.32. The monoisotopic (exact) mass is 329 g/mol. The number of benzene rings is 1. The van der Waals surface area contributed by atoms with Gasteiger partial charge in [0.15, 0.2) is 23.1 Å². The van der Waals surface area contributed by atoms with Crippen molar-refractivity contribution in [1.29, 1.82) is 5.26 Å². The van der Waals surface area contributed by atoms with E-state index in [4.69, 9.17) is 5.26 Å². The number of hydrogen-bond acceptors (Lipinski definition) is 5. The quantitative estimate of drug-likeness (QED) is 0.934. The summed E-state index contributed by atoms with van der Waals surface area (Å²) in [6, 6.07) is 6.27. The van der Waals surface area contributed by atoms with Gasteiger partial charge in [0, 0.05) is 38.1 Å². The Morgan fingerprint density at radius 1 is 1.17 bits per heavy atom. The third-order valence-electron chi connectivity index (χ3n) is 4.12. The van der Waals surface area contributed by atoms with E-state index < -0.39 is 11.6 Å². The van der Waals surface area contributed by atoms with Gasteiger partial charge in [0.25, 0.3) is 0 Å². The smallest absolute Gasteiger partial charge is 0.182 e. The number of anilines is 1. The first kappa shape index (κ1) is 16.3. The summed E-state index contributed by atoms with van der Waals surface area (Å²) in [5.41, 5.74) is 1.06. The number of halogens is 2. The van der Waals surface area contributed by atoms with Gasteiger partial charge in [-0.05, 0) is 30.5 Å². The van der Waals surface area contributed by atoms with E-state index in [2.05, 4.69) is 20.2 Å². The summed E-state index contributed by atoms with van der Waals surface area (Å²) < 4.78 is 26.2. The predicted octanol–water partition coefficient (Wildman–Crippen LogP) is 2.70. The third kappa shape index (κ3) is 3.84. The lowest BCUT2D eigenvalue weighted by Crippen LogP contribution is -2.39. The molecule has 7 heteroatoms. The van der Waals surface area contributed by atoms with E-state index in [-0.39, 0.29) is 6.04 Å². The summed E-state index contributed by atoms with van der Waals surface area (Å²) in [6.45, 7) is 2.26. The first-order valence-electron chi connectivity index (χ1n) is 7.79. The Morgan fingerprint density at radius 3 is 2.62 bits per heavy atom. The highest BCUT2D eigenvalue weighted by Crippen LogP contribution is 2.19. The molecular weight excluding hydrogens is 312 g/mol. The standard InChI is InChI=1S/C17H17F2N5/c18-14-2-1-12(9-15(14)19)11-24-7-3-13(4-8-24)23-17-16(10-20)21-5-6-22-17/h1-2,5-6,9,13H,3-4,7-8,11H2,(H,22,23). The average molecular weight is 329 g/mol. The molecule has 0 unspecified atom stereocenters. The molecule has 0 radical (unpaired) electrons. The Labute approximate surface area is 139 Å². The minimum Gasteiger partial charge on any atom is -0.365 e. The van der Waals surface area contributed by atoms with Gasteiger partial charge in [-0.15, -0.1) is 0 Å². The van der Waals surface area contributed by atoms with E-state index >= 15 is 0 Å². The largest absolute Gasteiger partial charge is 0.365 e. The van der Waals surface area contributed by atoms with E-state index in [9.17, 15) is 8.78 Å². The lowest BCUT2D eigenvalue weighted by atomic mass is 10.0. The van der Waals surface area contributed by atoms with Crippen LogP contribution in [0.5, 0.6) is 0 Å². The zero-order valence-electron chi connectivity index (χ0n) is 13.0. The molecule has 1 aromatic carbocycles. The number of nitriles is 1. The molecule has 2 aromatic rings. The molecule has 0 amide bonds. The van der Waals surface area contributed by atoms with Gasteiger partial charge in [-0.3, -0.25) is 4.90 Å². The predicted molar refractivity (Wildman–Crippen MR) is 85.0 cm³/mol. The molecule has 1 aliphatic heterocycles. The van der Waals surface area contributed by atoms with Gasteiger partial charge in [-0.1, -0.05) is 6.07 Å². The van der Waals surface area contributed by atoms with Crippen molar-refractivity contribution in [3.05, 3.63) is 53.5 Å². The van der Waals surface area contributed by atoms with Crippen molar-refractivity contribution in [3.8, 4) is 6.07 Å². The summed E-state index contributed by atoms with van der Waals surface area (Å²) in [7, 11) is 0. The number of nitrogens with zero attached hydrogens (tertiary/aromatic N) is 4. The van der Waals surface area contributed by atoms with Gasteiger partial charge in [0.05, 0.1) is 0 Å². The molecule has 124 valence electrons. The Kier molecular flexibility index (Phi) is 4.96. The van der Waals surface area contributed by atoms with Gasteiger partial charge in [0.1, 0.15) is 6.07 Å². The zero-order valence-corrected chi connectivity index (χ0v) is 13.0. The number of rotatable bonds is 4. The minimum absolute atomic E-state index is 0.218. The highest BCUT2D eigenvalue weighted by atomic mass is 19.2. The number of piperidine rings is 1. The van der Waals surface area contributed by atoms with Gasteiger partial charge < -0.3 is 5.32 Å². The summed E-state index contributed by atoms with van der Waals surface area (Å²) in [4.78, 5) is 10.3. The zero-order chi connectivity index (χ0) is 16.9. The molecule has 0 atom stereocenters. The topological polar surface area (TPSA) is 64.8 Å². The summed E-state index contributed by atoms with van der Waals surface area (Å²) >= 11 is 0. The van der Waals surface area contributed by atoms with Crippen molar-refractivity contribution in [2.75, 3.05) is 18.4 Å². The Hall–Kier alpha value is -2.59. The van der Waals surface area contributed by atoms with Crippen LogP contribution in [0.25, 0.3) is 0 Å². The SMILES string of the molecule is N#Cc1nccnc1NC1CCN(Cc2ccc(F)c(F)c2)CC1. The van der Waals surface area contributed by atoms with Crippen LogP contribution < -0.4 is 5.32 Å². The first-order chi connectivity index (χ1) is 11.7. The average Bonchev–Trinajstić information content (AvgIpc) is 2.60. The summed E-state index contributed by atoms with van der Waals surface area (Å²) in [6.07, 6.45) is 4.81. The van der Waals surface area contributed by atoms with Gasteiger partial charge in [0.2, 0.25) is 0 Å². The number of nitrogens with one attached hydrogen (secondary N) is 1. The van der Waals surface area contributed by atoms with Crippen molar-refractivity contribution < 1.29 is 8.78 Å². The maximum Gasteiger partial charge on any atom is 0.182 e. The molecule has 2 heterocycles. The molecule has 1 N–H and O–H groups in total. The highest BCUT2D eigenvalue weighted by Gasteiger charge is 2.20. The number of likely N-dealkylation sites (tertiary alicyclic amines) is 1. The van der Waals surface area contributed by atoms with Crippen LogP contribution in [0.15, 0.2) is 30.6 Å². The molecule has 1 aromatic heterocycles. The van der Waals surface area contributed by atoms with Crippen LogP contribution in [0.4, 0.5) is 14.6 Å². The fourth-order valence-electron chi connectivity index (χ4n) is 2.85. The van der Waals surface area contributed by atoms with E-state index in [1.54, 1.807) is 12.3 Å². The molecule has 5 nitrogen and oxygen atoms in total. The molecular formula is C17H17F2N5. The normalized spacial score (nSPS) is 15.9. The second-order valence-corrected chi connectivity index (χ2v) is 5.81. The van der Waals surface area contributed by atoms with Gasteiger partial charge in [-0.25, -0.2) is 18.7 Å². The van der Waals surface area contributed by atoms with Crippen molar-refractivity contribution in [2.24, 2.45) is 0 Å². The lowest BCUT2D eigenvalue weighted by molar-refractivity contribution is 0.211. The van der Waals surface area contributed by atoms with E-state index in [0.717, 1.165) is 37.6 Å². The minimum atomic E-state index is -0.820. The summed E-state index contributed by atoms with van der Waals surface area (Å²) in [5.74, 6) is -1.12. The molecule has 1 aliphatic rings. The van der Waals surface area contributed by atoms with Crippen molar-refractivity contribution in [1.82, 2.24) is 14.9 Å². The molecule has 1 saturated heterocycles. The number of hydrogen-bond donors (Lipinski definition) is 1. The Balaban J connectivity index is 1.54. The molecule has 0 bridgehead atoms. The highest BCUT2D eigenvalue weighted by molar-refractivity contribution is 5.47. The van der Waals surface area contributed by atoms with Crippen LogP contribution in [-0.4, -0.2) is 34.0 Å². The maximum atomic E-state index is 13.3. The van der Waals surface area contributed by atoms with Crippen LogP contribution >= 0.6 is 0 Å². The summed E-state index contributed by atoms with van der Waals surface area (Å²) in [5, 5.41) is 12.3. The molecule has 1 fully saturated rings. The maximum absolute atomic E-state index is 13.3. The van der Waals surface area contributed by atoms with E-state index in [1.807, 2.05) is 6.07 Å².